The van der Waals surface area contributed by atoms with E-state index in [-0.39, 0.29) is 36.0 Å². The van der Waals surface area contributed by atoms with E-state index in [0.717, 1.165) is 23.2 Å². The maximum atomic E-state index is 13.4. The quantitative estimate of drug-likeness (QED) is 0.376. The highest BCUT2D eigenvalue weighted by Crippen LogP contribution is 2.39. The average Bonchev–Trinajstić information content (AvgIpc) is 3.47. The fraction of sp³-hybridized carbons (Fsp3) is 0.407. The minimum absolute atomic E-state index is 0.0459. The number of thiophene rings is 1. The molecule has 0 bridgehead atoms. The van der Waals surface area contributed by atoms with Gasteiger partial charge in [0.15, 0.2) is 5.60 Å². The van der Waals surface area contributed by atoms with Crippen LogP contribution in [-0.2, 0) is 25.6 Å². The SMILES string of the molecule is C[C@H](c1ccccc1)N(C[C@H]1CN(S(=O)(=O)c2cccs2)CCN1c1ccc([C@](C)(O)C(F)(F)F)cc1)S(C)(=O)=O. The van der Waals surface area contributed by atoms with Gasteiger partial charge < -0.3 is 10.0 Å². The number of nitrogens with zero attached hydrogens (tertiary/aromatic N) is 3. The zero-order valence-electron chi connectivity index (χ0n) is 22.7. The summed E-state index contributed by atoms with van der Waals surface area (Å²) in [6.07, 6.45) is -3.80. The largest absolute Gasteiger partial charge is 0.421 e. The van der Waals surface area contributed by atoms with Gasteiger partial charge in [-0.15, -0.1) is 11.3 Å². The van der Waals surface area contributed by atoms with E-state index in [4.69, 9.17) is 0 Å². The number of sulfonamides is 2. The van der Waals surface area contributed by atoms with Crippen LogP contribution in [0.1, 0.15) is 31.0 Å². The number of aliphatic hydroxyl groups is 1. The van der Waals surface area contributed by atoms with Crippen molar-refractivity contribution in [2.24, 2.45) is 0 Å². The van der Waals surface area contributed by atoms with E-state index in [1.54, 1.807) is 42.6 Å². The van der Waals surface area contributed by atoms with Gasteiger partial charge in [-0.2, -0.15) is 21.8 Å². The van der Waals surface area contributed by atoms with E-state index >= 15 is 0 Å². The molecule has 14 heteroatoms. The number of alkyl halides is 3. The molecule has 0 spiro atoms. The standard InChI is InChI=1S/C27H32F3N3O5S3/c1-20(21-8-5-4-6-9-21)33(40(3,35)36)19-24-18-31(41(37,38)25-10-7-17-39-25)15-16-32(24)23-13-11-22(12-14-23)26(2,34)27(28,29)30/h4-14,17,20,24,34H,15-16,18-19H2,1-3H3/t20-,24-,26+/m1/s1. The molecule has 1 aromatic heterocycles. The Morgan fingerprint density at radius 2 is 1.63 bits per heavy atom. The highest BCUT2D eigenvalue weighted by atomic mass is 32.2. The predicted octanol–water partition coefficient (Wildman–Crippen LogP) is 4.42. The molecule has 0 radical (unpaired) electrons. The Hall–Kier alpha value is -2.49. The number of rotatable bonds is 9. The number of hydrogen-bond donors (Lipinski definition) is 1. The van der Waals surface area contributed by atoms with Gasteiger partial charge in [-0.05, 0) is 48.6 Å². The Morgan fingerprint density at radius 3 is 2.17 bits per heavy atom. The fourth-order valence-electron chi connectivity index (χ4n) is 4.91. The molecule has 3 aromatic rings. The Morgan fingerprint density at radius 1 is 1.00 bits per heavy atom. The number of benzene rings is 2. The summed E-state index contributed by atoms with van der Waals surface area (Å²) in [6.45, 7) is 2.56. The van der Waals surface area contributed by atoms with E-state index in [0.29, 0.717) is 12.6 Å². The van der Waals surface area contributed by atoms with Gasteiger partial charge >= 0.3 is 6.18 Å². The van der Waals surface area contributed by atoms with Gasteiger partial charge in [-0.1, -0.05) is 48.5 Å². The molecule has 0 unspecified atom stereocenters. The highest BCUT2D eigenvalue weighted by molar-refractivity contribution is 7.91. The van der Waals surface area contributed by atoms with Crippen LogP contribution in [0.3, 0.4) is 0 Å². The smallest absolute Gasteiger partial charge is 0.376 e. The summed E-state index contributed by atoms with van der Waals surface area (Å²) in [4.78, 5) is 1.81. The topological polar surface area (TPSA) is 98.2 Å². The number of anilines is 1. The first-order chi connectivity index (χ1) is 19.0. The first-order valence-corrected chi connectivity index (χ1v) is 16.9. The van der Waals surface area contributed by atoms with Gasteiger partial charge in [0, 0.05) is 37.9 Å². The van der Waals surface area contributed by atoms with Crippen molar-refractivity contribution in [2.75, 3.05) is 37.3 Å². The molecule has 0 amide bonds. The molecule has 2 heterocycles. The molecule has 41 heavy (non-hydrogen) atoms. The van der Waals surface area contributed by atoms with Crippen LogP contribution in [0, 0.1) is 0 Å². The van der Waals surface area contributed by atoms with Crippen molar-refractivity contribution in [1.82, 2.24) is 8.61 Å². The van der Waals surface area contributed by atoms with Gasteiger partial charge in [0.2, 0.25) is 10.0 Å². The van der Waals surface area contributed by atoms with E-state index in [9.17, 15) is 35.1 Å². The molecule has 1 aliphatic heterocycles. The van der Waals surface area contributed by atoms with Crippen LogP contribution in [0.5, 0.6) is 0 Å². The second-order valence-corrected chi connectivity index (χ2v) is 15.2. The average molecular weight is 632 g/mol. The summed E-state index contributed by atoms with van der Waals surface area (Å²) in [7, 11) is -7.62. The molecule has 1 fully saturated rings. The highest BCUT2D eigenvalue weighted by Gasteiger charge is 2.51. The van der Waals surface area contributed by atoms with Crippen LogP contribution in [0.15, 0.2) is 76.3 Å². The first-order valence-electron chi connectivity index (χ1n) is 12.7. The van der Waals surface area contributed by atoms with E-state index in [1.807, 2.05) is 11.0 Å². The van der Waals surface area contributed by atoms with E-state index in [1.165, 1.54) is 38.9 Å². The second-order valence-electron chi connectivity index (χ2n) is 10.2. The third-order valence-corrected chi connectivity index (χ3v) is 11.9. The maximum Gasteiger partial charge on any atom is 0.421 e. The molecule has 1 aliphatic rings. The maximum absolute atomic E-state index is 13.4. The zero-order chi connectivity index (χ0) is 30.2. The lowest BCUT2D eigenvalue weighted by Crippen LogP contribution is -2.59. The van der Waals surface area contributed by atoms with Gasteiger partial charge in [0.1, 0.15) is 4.21 Å². The third-order valence-electron chi connectivity index (χ3n) is 7.38. The zero-order valence-corrected chi connectivity index (χ0v) is 25.1. The summed E-state index contributed by atoms with van der Waals surface area (Å²) < 4.78 is 95.8. The Labute approximate surface area is 242 Å². The first kappa shape index (κ1) is 31.4. The van der Waals surface area contributed by atoms with Crippen molar-refractivity contribution in [3.63, 3.8) is 0 Å². The summed E-state index contributed by atoms with van der Waals surface area (Å²) in [5.74, 6) is 0. The van der Waals surface area contributed by atoms with Crippen LogP contribution in [-0.4, -0.2) is 75.2 Å². The second kappa shape index (κ2) is 11.7. The molecule has 4 rings (SSSR count). The lowest BCUT2D eigenvalue weighted by atomic mass is 9.95. The molecule has 224 valence electrons. The van der Waals surface area contributed by atoms with Crippen molar-refractivity contribution in [3.05, 3.63) is 83.2 Å². The van der Waals surface area contributed by atoms with Crippen LogP contribution < -0.4 is 4.90 Å². The fourth-order valence-corrected chi connectivity index (χ4v) is 8.66. The van der Waals surface area contributed by atoms with E-state index < -0.39 is 43.9 Å². The van der Waals surface area contributed by atoms with Gasteiger partial charge in [0.25, 0.3) is 10.0 Å². The van der Waals surface area contributed by atoms with Crippen molar-refractivity contribution in [3.8, 4) is 0 Å². The molecule has 8 nitrogen and oxygen atoms in total. The minimum atomic E-state index is -4.89. The monoisotopic (exact) mass is 631 g/mol. The summed E-state index contributed by atoms with van der Waals surface area (Å²) >= 11 is 1.08. The van der Waals surface area contributed by atoms with Crippen molar-refractivity contribution < 1.29 is 35.1 Å². The van der Waals surface area contributed by atoms with Crippen molar-refractivity contribution >= 4 is 37.1 Å². The minimum Gasteiger partial charge on any atom is -0.376 e. The Balaban J connectivity index is 1.71. The molecule has 0 saturated carbocycles. The Kier molecular flexibility index (Phi) is 8.94. The normalized spacial score (nSPS) is 19.7. The van der Waals surface area contributed by atoms with Gasteiger partial charge in [-0.25, -0.2) is 16.8 Å². The summed E-state index contributed by atoms with van der Waals surface area (Å²) in [5.41, 5.74) is -2.18. The molecule has 2 aromatic carbocycles. The lowest BCUT2D eigenvalue weighted by molar-refractivity contribution is -0.258. The van der Waals surface area contributed by atoms with Crippen LogP contribution in [0.25, 0.3) is 0 Å². The number of hydrogen-bond acceptors (Lipinski definition) is 7. The summed E-state index contributed by atoms with van der Waals surface area (Å²) in [5, 5.41) is 11.7. The molecular formula is C27H32F3N3O5S3. The third kappa shape index (κ3) is 6.62. The number of halogens is 3. The van der Waals surface area contributed by atoms with Crippen molar-refractivity contribution in [1.29, 1.82) is 0 Å². The number of piperazine rings is 1. The van der Waals surface area contributed by atoms with Gasteiger partial charge in [-0.3, -0.25) is 0 Å². The molecule has 1 N–H and O–H groups in total. The van der Waals surface area contributed by atoms with Crippen LogP contribution in [0.4, 0.5) is 18.9 Å². The molecular weight excluding hydrogens is 600 g/mol. The molecule has 0 aliphatic carbocycles. The van der Waals surface area contributed by atoms with Crippen molar-refractivity contribution in [2.45, 2.75) is 41.9 Å². The predicted molar refractivity (Wildman–Crippen MR) is 153 cm³/mol. The molecule has 3 atom stereocenters. The molecule has 1 saturated heterocycles. The van der Waals surface area contributed by atoms with Crippen LogP contribution >= 0.6 is 11.3 Å². The lowest BCUT2D eigenvalue weighted by Gasteiger charge is -2.44. The van der Waals surface area contributed by atoms with Gasteiger partial charge in [0.05, 0.1) is 12.3 Å². The summed E-state index contributed by atoms with van der Waals surface area (Å²) in [6, 6.07) is 16.1. The Bertz CT molecular complexity index is 1530. The van der Waals surface area contributed by atoms with Crippen LogP contribution in [0.2, 0.25) is 0 Å². The van der Waals surface area contributed by atoms with E-state index in [2.05, 4.69) is 0 Å².